The smallest absolute Gasteiger partial charge is 0.243 e. The van der Waals surface area contributed by atoms with Crippen LogP contribution in [0.2, 0.25) is 5.02 Å². The third-order valence-electron chi connectivity index (χ3n) is 5.36. The van der Waals surface area contributed by atoms with E-state index in [1.165, 1.54) is 56.7 Å². The summed E-state index contributed by atoms with van der Waals surface area (Å²) in [4.78, 5) is 12.9. The number of carbonyl (C=O) groups excluding carboxylic acids is 1. The number of sulfonamides is 1. The summed E-state index contributed by atoms with van der Waals surface area (Å²) >= 11 is 5.89. The fourth-order valence-electron chi connectivity index (χ4n) is 3.45. The molecule has 0 bridgehead atoms. The summed E-state index contributed by atoms with van der Waals surface area (Å²) in [7, 11) is -1.11. The number of nitrogens with zero attached hydrogens (tertiary/aromatic N) is 1. The van der Waals surface area contributed by atoms with Crippen molar-refractivity contribution in [1.29, 1.82) is 0 Å². The summed E-state index contributed by atoms with van der Waals surface area (Å²) in [6.07, 6.45) is 0. The van der Waals surface area contributed by atoms with Crippen LogP contribution < -0.4 is 14.8 Å². The Balaban J connectivity index is 1.84. The van der Waals surface area contributed by atoms with Gasteiger partial charge in [0.2, 0.25) is 15.9 Å². The zero-order chi connectivity index (χ0) is 25.6. The summed E-state index contributed by atoms with van der Waals surface area (Å²) in [5.74, 6) is -0.0819. The van der Waals surface area contributed by atoms with Gasteiger partial charge in [0.25, 0.3) is 0 Å². The summed E-state index contributed by atoms with van der Waals surface area (Å²) < 4.78 is 52.5. The number of hydrogen-bond donors (Lipinski definition) is 1. The maximum Gasteiger partial charge on any atom is 0.243 e. The van der Waals surface area contributed by atoms with Gasteiger partial charge < -0.3 is 14.8 Å². The van der Waals surface area contributed by atoms with Gasteiger partial charge in [-0.1, -0.05) is 35.9 Å². The fraction of sp³-hybridized carbons (Fsp3) is 0.240. The number of benzene rings is 3. The van der Waals surface area contributed by atoms with Gasteiger partial charge in [0, 0.05) is 17.1 Å². The van der Waals surface area contributed by atoms with E-state index < -0.39 is 34.3 Å². The first-order chi connectivity index (χ1) is 16.6. The van der Waals surface area contributed by atoms with Crippen molar-refractivity contribution in [3.63, 3.8) is 0 Å². The fourth-order valence-corrected chi connectivity index (χ4v) is 4.95. The monoisotopic (exact) mass is 520 g/mol. The molecule has 0 saturated heterocycles. The van der Waals surface area contributed by atoms with Gasteiger partial charge in [-0.3, -0.25) is 4.79 Å². The molecule has 0 aliphatic rings. The predicted molar refractivity (Wildman–Crippen MR) is 132 cm³/mol. The Labute approximate surface area is 209 Å². The van der Waals surface area contributed by atoms with E-state index in [1.807, 2.05) is 0 Å². The van der Waals surface area contributed by atoms with E-state index in [2.05, 4.69) is 5.32 Å². The van der Waals surface area contributed by atoms with Gasteiger partial charge in [-0.15, -0.1) is 0 Å². The number of methoxy groups -OCH3 is 2. The second-order valence-corrected chi connectivity index (χ2v) is 10.1. The molecular formula is C25H26ClFN2O5S. The maximum absolute atomic E-state index is 14.3. The molecule has 0 aliphatic heterocycles. The molecule has 0 radical (unpaired) electrons. The van der Waals surface area contributed by atoms with E-state index >= 15 is 0 Å². The van der Waals surface area contributed by atoms with E-state index in [0.29, 0.717) is 16.5 Å². The van der Waals surface area contributed by atoms with Crippen LogP contribution in [0.15, 0.2) is 71.6 Å². The molecule has 0 spiro atoms. The van der Waals surface area contributed by atoms with Crippen molar-refractivity contribution in [3.8, 4) is 11.5 Å². The van der Waals surface area contributed by atoms with Crippen molar-refractivity contribution in [2.75, 3.05) is 20.8 Å². The van der Waals surface area contributed by atoms with E-state index in [-0.39, 0.29) is 17.0 Å². The molecule has 0 unspecified atom stereocenters. The number of ether oxygens (including phenoxy) is 2. The first kappa shape index (κ1) is 26.5. The number of rotatable bonds is 10. The normalized spacial score (nSPS) is 12.3. The van der Waals surface area contributed by atoms with Crippen LogP contribution >= 0.6 is 11.6 Å². The van der Waals surface area contributed by atoms with Gasteiger partial charge in [0.15, 0.2) is 11.5 Å². The Bertz CT molecular complexity index is 1290. The van der Waals surface area contributed by atoms with Crippen LogP contribution in [0, 0.1) is 5.82 Å². The molecule has 3 aromatic rings. The second-order valence-electron chi connectivity index (χ2n) is 7.72. The molecular weight excluding hydrogens is 495 g/mol. The Morgan fingerprint density at radius 1 is 1.03 bits per heavy atom. The average molecular weight is 521 g/mol. The van der Waals surface area contributed by atoms with Crippen molar-refractivity contribution >= 4 is 27.5 Å². The molecule has 0 aromatic heterocycles. The highest BCUT2D eigenvalue weighted by Gasteiger charge is 2.28. The van der Waals surface area contributed by atoms with Gasteiger partial charge in [-0.25, -0.2) is 12.8 Å². The van der Waals surface area contributed by atoms with E-state index in [0.717, 1.165) is 9.87 Å². The molecule has 1 atom stereocenters. The molecule has 1 N–H and O–H groups in total. The summed E-state index contributed by atoms with van der Waals surface area (Å²) in [6.45, 7) is 0.917. The number of nitrogens with one attached hydrogen (secondary N) is 1. The Hall–Kier alpha value is -3.14. The SMILES string of the molecule is COc1ccc([C@@H](C)NC(=O)CN(Cc2ccccc2F)S(=O)(=O)c2ccc(Cl)cc2)cc1OC. The molecule has 10 heteroatoms. The molecule has 0 heterocycles. The Morgan fingerprint density at radius 3 is 2.31 bits per heavy atom. The zero-order valence-corrected chi connectivity index (χ0v) is 21.1. The first-order valence-corrected chi connectivity index (χ1v) is 12.5. The minimum Gasteiger partial charge on any atom is -0.493 e. The molecule has 7 nitrogen and oxygen atoms in total. The topological polar surface area (TPSA) is 84.9 Å². The Kier molecular flexibility index (Phi) is 8.71. The van der Waals surface area contributed by atoms with Crippen LogP contribution in [0.3, 0.4) is 0 Å². The molecule has 35 heavy (non-hydrogen) atoms. The highest BCUT2D eigenvalue weighted by Crippen LogP contribution is 2.30. The van der Waals surface area contributed by atoms with Crippen molar-refractivity contribution in [2.24, 2.45) is 0 Å². The van der Waals surface area contributed by atoms with Crippen LogP contribution in [-0.2, 0) is 21.4 Å². The van der Waals surface area contributed by atoms with Crippen LogP contribution in [0.25, 0.3) is 0 Å². The van der Waals surface area contributed by atoms with E-state index in [9.17, 15) is 17.6 Å². The summed E-state index contributed by atoms with van der Waals surface area (Å²) in [5, 5.41) is 3.16. The Morgan fingerprint density at radius 2 is 1.69 bits per heavy atom. The highest BCUT2D eigenvalue weighted by molar-refractivity contribution is 7.89. The standard InChI is InChI=1S/C25H26ClFN2O5S/c1-17(18-8-13-23(33-2)24(14-18)34-3)28-25(30)16-29(15-19-6-4-5-7-22(19)27)35(31,32)21-11-9-20(26)10-12-21/h4-14,17H,15-16H2,1-3H3,(H,28,30)/t17-/m1/s1. The van der Waals surface area contributed by atoms with Crippen molar-refractivity contribution < 1.29 is 27.1 Å². The predicted octanol–water partition coefficient (Wildman–Crippen LogP) is 4.56. The lowest BCUT2D eigenvalue weighted by atomic mass is 10.1. The summed E-state index contributed by atoms with van der Waals surface area (Å²) in [6, 6.07) is 16.1. The van der Waals surface area contributed by atoms with Crippen molar-refractivity contribution in [1.82, 2.24) is 9.62 Å². The first-order valence-electron chi connectivity index (χ1n) is 10.7. The lowest BCUT2D eigenvalue weighted by Gasteiger charge is -2.24. The average Bonchev–Trinajstić information content (AvgIpc) is 2.84. The van der Waals surface area contributed by atoms with Gasteiger partial charge in [-0.2, -0.15) is 4.31 Å². The van der Waals surface area contributed by atoms with Gasteiger partial charge in [-0.05, 0) is 55.0 Å². The van der Waals surface area contributed by atoms with Crippen molar-refractivity contribution in [2.45, 2.75) is 24.4 Å². The van der Waals surface area contributed by atoms with Crippen LogP contribution in [0.5, 0.6) is 11.5 Å². The number of amides is 1. The summed E-state index contributed by atoms with van der Waals surface area (Å²) in [5.41, 5.74) is 0.878. The third-order valence-corrected chi connectivity index (χ3v) is 7.42. The van der Waals surface area contributed by atoms with Crippen LogP contribution in [0.1, 0.15) is 24.1 Å². The number of hydrogen-bond acceptors (Lipinski definition) is 5. The molecule has 1 amide bonds. The molecule has 0 aliphatic carbocycles. The van der Waals surface area contributed by atoms with Crippen LogP contribution in [0.4, 0.5) is 4.39 Å². The quantitative estimate of drug-likeness (QED) is 0.423. The zero-order valence-electron chi connectivity index (χ0n) is 19.5. The highest BCUT2D eigenvalue weighted by atomic mass is 35.5. The molecule has 0 fully saturated rings. The van der Waals surface area contributed by atoms with Gasteiger partial charge in [0.05, 0.1) is 31.7 Å². The minimum atomic E-state index is -4.14. The number of carbonyl (C=O) groups is 1. The largest absolute Gasteiger partial charge is 0.493 e. The van der Waals surface area contributed by atoms with Gasteiger partial charge >= 0.3 is 0 Å². The van der Waals surface area contributed by atoms with E-state index in [4.69, 9.17) is 21.1 Å². The minimum absolute atomic E-state index is 0.0565. The second kappa shape index (κ2) is 11.5. The number of halogens is 2. The lowest BCUT2D eigenvalue weighted by molar-refractivity contribution is -0.122. The molecule has 0 saturated carbocycles. The van der Waals surface area contributed by atoms with Gasteiger partial charge in [0.1, 0.15) is 5.82 Å². The van der Waals surface area contributed by atoms with E-state index in [1.54, 1.807) is 31.2 Å². The maximum atomic E-state index is 14.3. The lowest BCUT2D eigenvalue weighted by Crippen LogP contribution is -2.41. The molecule has 3 aromatic carbocycles. The van der Waals surface area contributed by atoms with Crippen molar-refractivity contribution in [3.05, 3.63) is 88.7 Å². The molecule has 3 rings (SSSR count). The molecule has 186 valence electrons. The van der Waals surface area contributed by atoms with Crippen LogP contribution in [-0.4, -0.2) is 39.4 Å². The third kappa shape index (κ3) is 6.50.